The first kappa shape index (κ1) is 16.7. The number of hydrogen-bond acceptors (Lipinski definition) is 3. The maximum absolute atomic E-state index is 12.6. The van der Waals surface area contributed by atoms with Crippen molar-refractivity contribution in [3.63, 3.8) is 0 Å². The van der Waals surface area contributed by atoms with Crippen LogP contribution in [0, 0.1) is 0 Å². The Bertz CT molecular complexity index is 536. The average molecular weight is 327 g/mol. The van der Waals surface area contributed by atoms with Gasteiger partial charge in [-0.05, 0) is 25.7 Å². The third-order valence-electron chi connectivity index (χ3n) is 4.07. The van der Waals surface area contributed by atoms with Crippen molar-refractivity contribution < 1.29 is 14.3 Å². The van der Waals surface area contributed by atoms with Crippen LogP contribution in [0.1, 0.15) is 32.6 Å². The molecule has 0 radical (unpaired) electrons. The molecule has 0 aliphatic carbocycles. The second kappa shape index (κ2) is 7.58. The Morgan fingerprint density at radius 3 is 2.68 bits per heavy atom. The Morgan fingerprint density at radius 2 is 2.05 bits per heavy atom. The SMILES string of the molecule is CCC1CCCCN1C(=O)Nc1cc(OC)c(Cl)cc1OC. The lowest BCUT2D eigenvalue weighted by atomic mass is 10.0. The highest BCUT2D eigenvalue weighted by atomic mass is 35.5. The maximum Gasteiger partial charge on any atom is 0.322 e. The number of methoxy groups -OCH3 is 2. The summed E-state index contributed by atoms with van der Waals surface area (Å²) < 4.78 is 10.5. The lowest BCUT2D eigenvalue weighted by Crippen LogP contribution is -2.45. The molecule has 5 nitrogen and oxygen atoms in total. The van der Waals surface area contributed by atoms with Crippen LogP contribution in [0.15, 0.2) is 12.1 Å². The summed E-state index contributed by atoms with van der Waals surface area (Å²) in [6.45, 7) is 2.90. The number of nitrogens with one attached hydrogen (secondary N) is 1. The van der Waals surface area contributed by atoms with E-state index in [1.54, 1.807) is 19.2 Å². The maximum atomic E-state index is 12.6. The summed E-state index contributed by atoms with van der Waals surface area (Å²) >= 11 is 6.08. The topological polar surface area (TPSA) is 50.8 Å². The molecule has 122 valence electrons. The molecule has 2 amide bonds. The molecule has 1 atom stereocenters. The van der Waals surface area contributed by atoms with Crippen molar-refractivity contribution in [3.8, 4) is 11.5 Å². The molecule has 1 aromatic rings. The van der Waals surface area contributed by atoms with Crippen molar-refractivity contribution in [2.75, 3.05) is 26.1 Å². The minimum absolute atomic E-state index is 0.103. The Labute approximate surface area is 136 Å². The van der Waals surface area contributed by atoms with E-state index in [0.717, 1.165) is 25.8 Å². The molecule has 0 aromatic heterocycles. The molecule has 1 fully saturated rings. The van der Waals surface area contributed by atoms with Crippen LogP contribution in [-0.4, -0.2) is 37.7 Å². The van der Waals surface area contributed by atoms with Crippen LogP contribution in [0.25, 0.3) is 0 Å². The first-order valence-corrected chi connectivity index (χ1v) is 7.97. The molecule has 0 bridgehead atoms. The lowest BCUT2D eigenvalue weighted by molar-refractivity contribution is 0.160. The lowest BCUT2D eigenvalue weighted by Gasteiger charge is -2.35. The molecule has 1 heterocycles. The number of anilines is 1. The van der Waals surface area contributed by atoms with E-state index < -0.39 is 0 Å². The summed E-state index contributed by atoms with van der Waals surface area (Å²) in [5.41, 5.74) is 0.564. The average Bonchev–Trinajstić information content (AvgIpc) is 2.55. The Kier molecular flexibility index (Phi) is 5.77. The number of piperidine rings is 1. The Balaban J connectivity index is 2.19. The van der Waals surface area contributed by atoms with E-state index in [9.17, 15) is 4.79 Å². The minimum atomic E-state index is -0.103. The van der Waals surface area contributed by atoms with Crippen LogP contribution in [-0.2, 0) is 0 Å². The molecular weight excluding hydrogens is 304 g/mol. The minimum Gasteiger partial charge on any atom is -0.495 e. The molecule has 0 saturated carbocycles. The van der Waals surface area contributed by atoms with Gasteiger partial charge in [0.15, 0.2) is 0 Å². The number of carbonyl (C=O) groups excluding carboxylic acids is 1. The van der Waals surface area contributed by atoms with Crippen molar-refractivity contribution in [1.29, 1.82) is 0 Å². The molecular formula is C16H23ClN2O3. The van der Waals surface area contributed by atoms with Gasteiger partial charge in [0.25, 0.3) is 0 Å². The van der Waals surface area contributed by atoms with Gasteiger partial charge in [0.1, 0.15) is 11.5 Å². The second-order valence-corrected chi connectivity index (χ2v) is 5.78. The summed E-state index contributed by atoms with van der Waals surface area (Å²) in [7, 11) is 3.08. The monoisotopic (exact) mass is 326 g/mol. The number of ether oxygens (including phenoxy) is 2. The Hall–Kier alpha value is -1.62. The molecule has 1 unspecified atom stereocenters. The highest BCUT2D eigenvalue weighted by molar-refractivity contribution is 6.32. The van der Waals surface area contributed by atoms with Gasteiger partial charge in [0, 0.05) is 24.7 Å². The van der Waals surface area contributed by atoms with E-state index in [1.807, 2.05) is 4.90 Å². The van der Waals surface area contributed by atoms with E-state index in [-0.39, 0.29) is 6.03 Å². The van der Waals surface area contributed by atoms with Crippen LogP contribution < -0.4 is 14.8 Å². The van der Waals surface area contributed by atoms with Gasteiger partial charge in [-0.1, -0.05) is 18.5 Å². The summed E-state index contributed by atoms with van der Waals surface area (Å²) in [6, 6.07) is 3.52. The number of amides is 2. The fourth-order valence-corrected chi connectivity index (χ4v) is 3.07. The molecule has 22 heavy (non-hydrogen) atoms. The Morgan fingerprint density at radius 1 is 1.32 bits per heavy atom. The number of hydrogen-bond donors (Lipinski definition) is 1. The summed E-state index contributed by atoms with van der Waals surface area (Å²) in [6.07, 6.45) is 4.25. The van der Waals surface area contributed by atoms with Crippen LogP contribution in [0.2, 0.25) is 5.02 Å². The number of likely N-dealkylation sites (tertiary alicyclic amines) is 1. The van der Waals surface area contributed by atoms with Gasteiger partial charge in [-0.15, -0.1) is 0 Å². The number of urea groups is 1. The van der Waals surface area contributed by atoms with Gasteiger partial charge in [0.2, 0.25) is 0 Å². The molecule has 1 aliphatic rings. The van der Waals surface area contributed by atoms with Crippen molar-refractivity contribution >= 4 is 23.3 Å². The van der Waals surface area contributed by atoms with Crippen LogP contribution in [0.5, 0.6) is 11.5 Å². The van der Waals surface area contributed by atoms with E-state index in [1.165, 1.54) is 13.5 Å². The zero-order valence-electron chi connectivity index (χ0n) is 13.3. The third-order valence-corrected chi connectivity index (χ3v) is 4.37. The third kappa shape index (κ3) is 3.58. The molecule has 2 rings (SSSR count). The fraction of sp³-hybridized carbons (Fsp3) is 0.562. The number of rotatable bonds is 4. The number of carbonyl (C=O) groups is 1. The van der Waals surface area contributed by atoms with E-state index in [0.29, 0.717) is 28.3 Å². The number of nitrogens with zero attached hydrogens (tertiary/aromatic N) is 1. The zero-order chi connectivity index (χ0) is 16.1. The highest BCUT2D eigenvalue weighted by Crippen LogP contribution is 2.36. The normalized spacial score (nSPS) is 18.0. The molecule has 1 saturated heterocycles. The largest absolute Gasteiger partial charge is 0.495 e. The van der Waals surface area contributed by atoms with Gasteiger partial charge >= 0.3 is 6.03 Å². The highest BCUT2D eigenvalue weighted by Gasteiger charge is 2.26. The summed E-state index contributed by atoms with van der Waals surface area (Å²) in [5.74, 6) is 1.02. The predicted molar refractivity (Wildman–Crippen MR) is 88.2 cm³/mol. The first-order valence-electron chi connectivity index (χ1n) is 7.59. The van der Waals surface area contributed by atoms with Gasteiger partial charge in [0.05, 0.1) is 24.9 Å². The van der Waals surface area contributed by atoms with Crippen LogP contribution >= 0.6 is 11.6 Å². The number of halogens is 1. The molecule has 6 heteroatoms. The smallest absolute Gasteiger partial charge is 0.322 e. The van der Waals surface area contributed by atoms with Crippen LogP contribution in [0.4, 0.5) is 10.5 Å². The van der Waals surface area contributed by atoms with Crippen LogP contribution in [0.3, 0.4) is 0 Å². The van der Waals surface area contributed by atoms with Gasteiger partial charge < -0.3 is 19.7 Å². The van der Waals surface area contributed by atoms with Gasteiger partial charge in [-0.3, -0.25) is 0 Å². The molecule has 1 aromatic carbocycles. The fourth-order valence-electron chi connectivity index (χ4n) is 2.84. The van der Waals surface area contributed by atoms with E-state index in [4.69, 9.17) is 21.1 Å². The van der Waals surface area contributed by atoms with E-state index in [2.05, 4.69) is 12.2 Å². The van der Waals surface area contributed by atoms with Crippen molar-refractivity contribution in [2.45, 2.75) is 38.6 Å². The molecule has 0 spiro atoms. The van der Waals surface area contributed by atoms with Crippen molar-refractivity contribution in [3.05, 3.63) is 17.2 Å². The van der Waals surface area contributed by atoms with Crippen molar-refractivity contribution in [1.82, 2.24) is 4.90 Å². The second-order valence-electron chi connectivity index (χ2n) is 5.37. The molecule has 1 aliphatic heterocycles. The van der Waals surface area contributed by atoms with Gasteiger partial charge in [-0.25, -0.2) is 4.79 Å². The molecule has 1 N–H and O–H groups in total. The zero-order valence-corrected chi connectivity index (χ0v) is 14.1. The predicted octanol–water partition coefficient (Wildman–Crippen LogP) is 4.15. The van der Waals surface area contributed by atoms with E-state index >= 15 is 0 Å². The number of benzene rings is 1. The quantitative estimate of drug-likeness (QED) is 0.904. The first-order chi connectivity index (χ1) is 10.6. The summed E-state index contributed by atoms with van der Waals surface area (Å²) in [4.78, 5) is 14.5. The standard InChI is InChI=1S/C16H23ClN2O3/c1-4-11-7-5-6-8-19(11)16(20)18-13-10-14(21-2)12(17)9-15(13)22-3/h9-11H,4-8H2,1-3H3,(H,18,20). The summed E-state index contributed by atoms with van der Waals surface area (Å²) in [5, 5.41) is 3.37. The van der Waals surface area contributed by atoms with Crippen molar-refractivity contribution in [2.24, 2.45) is 0 Å². The van der Waals surface area contributed by atoms with Gasteiger partial charge in [-0.2, -0.15) is 0 Å².